The van der Waals surface area contributed by atoms with Gasteiger partial charge in [0.05, 0.1) is 0 Å². The summed E-state index contributed by atoms with van der Waals surface area (Å²) in [4.78, 5) is 2.51. The van der Waals surface area contributed by atoms with Crippen LogP contribution in [0.1, 0.15) is 61.8 Å². The van der Waals surface area contributed by atoms with Gasteiger partial charge in [-0.15, -0.1) is 11.3 Å². The zero-order valence-corrected chi connectivity index (χ0v) is 35.9. The third-order valence-corrected chi connectivity index (χ3v) is 16.0. The molecule has 0 bridgehead atoms. The van der Waals surface area contributed by atoms with E-state index in [1.54, 1.807) is 0 Å². The van der Waals surface area contributed by atoms with Gasteiger partial charge in [0.25, 0.3) is 0 Å². The summed E-state index contributed by atoms with van der Waals surface area (Å²) in [5.74, 6) is 0. The average molecular weight is 812 g/mol. The first-order chi connectivity index (χ1) is 30.5. The molecule has 0 amide bonds. The van der Waals surface area contributed by atoms with Crippen molar-refractivity contribution in [2.24, 2.45) is 0 Å². The summed E-state index contributed by atoms with van der Waals surface area (Å²) in [5, 5.41) is 5.30. The summed E-state index contributed by atoms with van der Waals surface area (Å²) in [6, 6.07) is 71.3. The molecular weight excluding hydrogens is 767 g/mol. The highest BCUT2D eigenvalue weighted by Crippen LogP contribution is 2.58. The van der Waals surface area contributed by atoms with Crippen LogP contribution in [0.4, 0.5) is 17.1 Å². The average Bonchev–Trinajstić information content (AvgIpc) is 4.09. The molecule has 1 spiro atoms. The van der Waals surface area contributed by atoms with Crippen LogP contribution in [-0.4, -0.2) is 0 Å². The lowest BCUT2D eigenvalue weighted by Crippen LogP contribution is -2.21. The summed E-state index contributed by atoms with van der Waals surface area (Å²) >= 11 is 1.91. The minimum atomic E-state index is -0.109. The van der Waals surface area contributed by atoms with Gasteiger partial charge in [0, 0.05) is 48.1 Å². The number of anilines is 3. The summed E-state index contributed by atoms with van der Waals surface area (Å²) in [6.45, 7) is 4.78. The molecule has 1 aromatic heterocycles. The van der Waals surface area contributed by atoms with Gasteiger partial charge >= 0.3 is 0 Å². The Morgan fingerprint density at radius 3 is 1.94 bits per heavy atom. The lowest BCUT2D eigenvalue weighted by Gasteiger charge is -2.30. The van der Waals surface area contributed by atoms with Crippen LogP contribution in [0, 0.1) is 0 Å². The maximum Gasteiger partial charge on any atom is 0.0467 e. The highest BCUT2D eigenvalue weighted by Gasteiger charge is 2.45. The van der Waals surface area contributed by atoms with E-state index in [0.29, 0.717) is 0 Å². The van der Waals surface area contributed by atoms with Crippen molar-refractivity contribution in [3.63, 3.8) is 0 Å². The number of hydrogen-bond acceptors (Lipinski definition) is 2. The molecule has 62 heavy (non-hydrogen) atoms. The van der Waals surface area contributed by atoms with Crippen molar-refractivity contribution in [2.75, 3.05) is 4.90 Å². The van der Waals surface area contributed by atoms with E-state index in [0.717, 1.165) is 11.4 Å². The molecule has 13 rings (SSSR count). The third-order valence-electron chi connectivity index (χ3n) is 14.8. The normalized spacial score (nSPS) is 15.3. The molecule has 1 fully saturated rings. The van der Waals surface area contributed by atoms with E-state index in [-0.39, 0.29) is 10.8 Å². The Labute approximate surface area is 367 Å². The van der Waals surface area contributed by atoms with Crippen molar-refractivity contribution >= 4 is 59.3 Å². The van der Waals surface area contributed by atoms with E-state index in [2.05, 4.69) is 207 Å². The molecule has 3 aliphatic carbocycles. The molecule has 3 aliphatic rings. The van der Waals surface area contributed by atoms with Crippen molar-refractivity contribution < 1.29 is 0 Å². The van der Waals surface area contributed by atoms with Crippen molar-refractivity contribution in [1.82, 2.24) is 0 Å². The first-order valence-electron chi connectivity index (χ1n) is 22.3. The smallest absolute Gasteiger partial charge is 0.0467 e. The van der Waals surface area contributed by atoms with E-state index in [1.165, 1.54) is 129 Å². The highest BCUT2D eigenvalue weighted by molar-refractivity contribution is 7.26. The first kappa shape index (κ1) is 36.0. The molecule has 10 aromatic rings. The van der Waals surface area contributed by atoms with Gasteiger partial charge in [-0.25, -0.2) is 0 Å². The maximum absolute atomic E-state index is 2.55. The van der Waals surface area contributed by atoms with Crippen LogP contribution >= 0.6 is 11.3 Å². The Kier molecular flexibility index (Phi) is 7.76. The lowest BCUT2D eigenvalue weighted by molar-refractivity contribution is 0.550. The summed E-state index contributed by atoms with van der Waals surface area (Å²) in [7, 11) is 0. The third kappa shape index (κ3) is 5.08. The molecule has 296 valence electrons. The van der Waals surface area contributed by atoms with Gasteiger partial charge in [0.1, 0.15) is 0 Å². The zero-order valence-electron chi connectivity index (χ0n) is 35.1. The van der Waals surface area contributed by atoms with Gasteiger partial charge in [0.15, 0.2) is 0 Å². The molecular formula is C60H45NS. The van der Waals surface area contributed by atoms with Crippen LogP contribution in [0.3, 0.4) is 0 Å². The number of thiophene rings is 1. The van der Waals surface area contributed by atoms with Crippen molar-refractivity contribution in [3.05, 3.63) is 210 Å². The number of nitrogens with zero attached hydrogens (tertiary/aromatic N) is 1. The Balaban J connectivity index is 0.975. The fourth-order valence-electron chi connectivity index (χ4n) is 12.0. The second-order valence-electron chi connectivity index (χ2n) is 18.3. The van der Waals surface area contributed by atoms with Gasteiger partial charge in [0.2, 0.25) is 0 Å². The van der Waals surface area contributed by atoms with Crippen LogP contribution in [0.15, 0.2) is 188 Å². The standard InChI is InChI=1S/C60H45NS/c1-59(2)52-23-7-5-19-48(52)50-22-12-21-45(57(50)59)40-15-11-16-42(36-40)61(43-31-33-49-47-18-6-8-24-53(47)60(54(49)37-43)34-9-10-35-60)41-29-26-39(27-30-41)44-20-13-25-55-56(44)51-32-28-38-14-3-4-17-46(38)58(51)62-55/h3-8,11-33,36-37H,9-10,34-35H2,1-2H3. The fraction of sp³-hybridized carbons (Fsp3) is 0.133. The monoisotopic (exact) mass is 811 g/mol. The molecule has 2 heteroatoms. The van der Waals surface area contributed by atoms with Gasteiger partial charge in [-0.05, 0) is 133 Å². The van der Waals surface area contributed by atoms with Gasteiger partial charge in [-0.3, -0.25) is 0 Å². The molecule has 0 unspecified atom stereocenters. The minimum Gasteiger partial charge on any atom is -0.310 e. The van der Waals surface area contributed by atoms with Crippen LogP contribution < -0.4 is 4.90 Å². The van der Waals surface area contributed by atoms with Crippen molar-refractivity contribution in [3.8, 4) is 44.5 Å². The van der Waals surface area contributed by atoms with Gasteiger partial charge < -0.3 is 4.90 Å². The maximum atomic E-state index is 2.55. The van der Waals surface area contributed by atoms with Crippen molar-refractivity contribution in [1.29, 1.82) is 0 Å². The fourth-order valence-corrected chi connectivity index (χ4v) is 13.3. The van der Waals surface area contributed by atoms with Crippen LogP contribution in [0.2, 0.25) is 0 Å². The van der Waals surface area contributed by atoms with Crippen LogP contribution in [-0.2, 0) is 10.8 Å². The van der Waals surface area contributed by atoms with E-state index < -0.39 is 0 Å². The molecule has 9 aromatic carbocycles. The summed E-state index contributed by atoms with van der Waals surface area (Å²) in [5.41, 5.74) is 19.9. The second-order valence-corrected chi connectivity index (χ2v) is 19.4. The predicted molar refractivity (Wildman–Crippen MR) is 265 cm³/mol. The zero-order chi connectivity index (χ0) is 41.2. The number of hydrogen-bond donors (Lipinski definition) is 0. The van der Waals surface area contributed by atoms with E-state index in [9.17, 15) is 0 Å². The highest BCUT2D eigenvalue weighted by atomic mass is 32.1. The van der Waals surface area contributed by atoms with Crippen LogP contribution in [0.5, 0.6) is 0 Å². The molecule has 0 aliphatic heterocycles. The van der Waals surface area contributed by atoms with Gasteiger partial charge in [-0.1, -0.05) is 172 Å². The summed E-state index contributed by atoms with van der Waals surface area (Å²) in [6.07, 6.45) is 4.96. The SMILES string of the molecule is CC1(C)c2ccccc2-c2cccc(-c3cccc(N(c4ccc(-c5cccc6sc7c8ccccc8ccc7c56)cc4)c4ccc5c(c4)C4(CCCC4)c4ccccc4-5)c3)c21. The molecule has 0 atom stereocenters. The summed E-state index contributed by atoms with van der Waals surface area (Å²) < 4.78 is 2.69. The molecule has 0 radical (unpaired) electrons. The Bertz CT molecular complexity index is 3450. The largest absolute Gasteiger partial charge is 0.310 e. The Morgan fingerprint density at radius 2 is 1.08 bits per heavy atom. The number of benzene rings is 9. The van der Waals surface area contributed by atoms with Crippen LogP contribution in [0.25, 0.3) is 75.5 Å². The van der Waals surface area contributed by atoms with E-state index in [1.807, 2.05) is 11.3 Å². The Hall–Kier alpha value is -6.74. The quantitative estimate of drug-likeness (QED) is 0.167. The topological polar surface area (TPSA) is 3.24 Å². The number of fused-ring (bicyclic) bond motifs is 13. The van der Waals surface area contributed by atoms with Crippen molar-refractivity contribution in [2.45, 2.75) is 50.4 Å². The van der Waals surface area contributed by atoms with Gasteiger partial charge in [-0.2, -0.15) is 0 Å². The lowest BCUT2D eigenvalue weighted by atomic mass is 9.76. The predicted octanol–water partition coefficient (Wildman–Crippen LogP) is 17.2. The minimum absolute atomic E-state index is 0.0812. The van der Waals surface area contributed by atoms with E-state index in [4.69, 9.17) is 0 Å². The molecule has 0 saturated heterocycles. The molecule has 0 N–H and O–H groups in total. The number of rotatable bonds is 5. The second kappa shape index (κ2) is 13.4. The Morgan fingerprint density at radius 1 is 0.435 bits per heavy atom. The van der Waals surface area contributed by atoms with E-state index >= 15 is 0 Å². The molecule has 1 nitrogen and oxygen atoms in total. The molecule has 1 heterocycles. The molecule has 1 saturated carbocycles. The first-order valence-corrected chi connectivity index (χ1v) is 23.1.